The van der Waals surface area contributed by atoms with Crippen LogP contribution in [0.4, 0.5) is 36.3 Å². The van der Waals surface area contributed by atoms with Gasteiger partial charge in [-0.1, -0.05) is 25.1 Å². The normalized spacial score (nSPS) is 19.9. The van der Waals surface area contributed by atoms with Crippen LogP contribution >= 0.6 is 7.37 Å². The second-order valence-electron chi connectivity index (χ2n) is 11.3. The summed E-state index contributed by atoms with van der Waals surface area (Å²) < 4.78 is 60.5. The van der Waals surface area contributed by atoms with Gasteiger partial charge in [0.05, 0.1) is 24.0 Å². The Hall–Kier alpha value is -3.47. The van der Waals surface area contributed by atoms with Crippen LogP contribution in [0.1, 0.15) is 78.1 Å². The van der Waals surface area contributed by atoms with E-state index in [0.29, 0.717) is 49.6 Å². The lowest BCUT2D eigenvalue weighted by Crippen LogP contribution is -2.18. The van der Waals surface area contributed by atoms with Crippen molar-refractivity contribution in [1.29, 1.82) is 0 Å². The number of nitrogens with zero attached hydrogens (tertiary/aromatic N) is 3. The van der Waals surface area contributed by atoms with Gasteiger partial charge in [-0.25, -0.2) is 4.98 Å². The highest BCUT2D eigenvalue weighted by Gasteiger charge is 2.37. The predicted molar refractivity (Wildman–Crippen MR) is 163 cm³/mol. The quantitative estimate of drug-likeness (QED) is 0.198. The zero-order valence-corrected chi connectivity index (χ0v) is 25.8. The molecule has 9 nitrogen and oxygen atoms in total. The van der Waals surface area contributed by atoms with Gasteiger partial charge in [0.15, 0.2) is 0 Å². The van der Waals surface area contributed by atoms with Gasteiger partial charge >= 0.3 is 6.18 Å². The van der Waals surface area contributed by atoms with E-state index < -0.39 is 24.9 Å². The van der Waals surface area contributed by atoms with E-state index in [-0.39, 0.29) is 35.7 Å². The molecule has 2 aliphatic rings. The molecule has 2 heterocycles. The van der Waals surface area contributed by atoms with Crippen LogP contribution < -0.4 is 10.6 Å². The van der Waals surface area contributed by atoms with Crippen LogP contribution in [-0.4, -0.2) is 51.8 Å². The summed E-state index contributed by atoms with van der Waals surface area (Å²) in [6.07, 6.45) is -0.772. The SMILES string of the molecule is CCOP(=O)(CC)Cc1ccc(Nc2ncc(C(F)(F)F)c(Nc3ccc([C@H]4CC[C@H](O)CC4)c4c3C(=O)N(C)C4)n2)cc1. The molecule has 1 aliphatic carbocycles. The van der Waals surface area contributed by atoms with E-state index in [0.717, 1.165) is 29.5 Å². The zero-order valence-electron chi connectivity index (χ0n) is 24.9. The number of benzene rings is 2. The summed E-state index contributed by atoms with van der Waals surface area (Å²) in [5.74, 6) is -0.664. The third-order valence-electron chi connectivity index (χ3n) is 8.27. The summed E-state index contributed by atoms with van der Waals surface area (Å²) in [6.45, 7) is 4.33. The molecule has 0 radical (unpaired) electrons. The van der Waals surface area contributed by atoms with Crippen molar-refractivity contribution in [2.24, 2.45) is 0 Å². The first-order valence-corrected chi connectivity index (χ1v) is 16.8. The summed E-state index contributed by atoms with van der Waals surface area (Å²) >= 11 is 0. The molecule has 1 aliphatic heterocycles. The van der Waals surface area contributed by atoms with Crippen LogP contribution in [0.25, 0.3) is 0 Å². The smallest absolute Gasteiger partial charge is 0.393 e. The minimum atomic E-state index is -4.75. The van der Waals surface area contributed by atoms with Crippen LogP contribution in [0.3, 0.4) is 0 Å². The van der Waals surface area contributed by atoms with E-state index in [1.807, 2.05) is 13.0 Å². The molecule has 1 amide bonds. The maximum atomic E-state index is 14.1. The monoisotopic (exact) mass is 631 g/mol. The molecule has 0 bridgehead atoms. The highest BCUT2D eigenvalue weighted by Crippen LogP contribution is 2.50. The number of anilines is 4. The number of amides is 1. The lowest BCUT2D eigenvalue weighted by molar-refractivity contribution is -0.137. The molecule has 1 saturated carbocycles. The minimum absolute atomic E-state index is 0.0701. The second kappa shape index (κ2) is 12.9. The summed E-state index contributed by atoms with van der Waals surface area (Å²) in [7, 11) is -1.13. The number of hydrogen-bond acceptors (Lipinski definition) is 8. The lowest BCUT2D eigenvalue weighted by atomic mass is 9.80. The number of aromatic nitrogens is 2. The highest BCUT2D eigenvalue weighted by molar-refractivity contribution is 7.58. The van der Waals surface area contributed by atoms with Crippen molar-refractivity contribution in [2.45, 2.75) is 70.4 Å². The molecular formula is C31H37F3N5O4P. The molecule has 44 heavy (non-hydrogen) atoms. The van der Waals surface area contributed by atoms with E-state index in [1.54, 1.807) is 49.2 Å². The van der Waals surface area contributed by atoms with Crippen molar-refractivity contribution in [2.75, 3.05) is 30.5 Å². The number of carbonyl (C=O) groups is 1. The number of aliphatic hydroxyl groups is 1. The molecule has 0 spiro atoms. The van der Waals surface area contributed by atoms with Gasteiger partial charge in [0.2, 0.25) is 13.3 Å². The molecule has 3 N–H and O–H groups in total. The first-order chi connectivity index (χ1) is 20.9. The van der Waals surface area contributed by atoms with Gasteiger partial charge in [-0.3, -0.25) is 9.36 Å². The molecule has 3 aromatic rings. The Morgan fingerprint density at radius 1 is 1.07 bits per heavy atom. The van der Waals surface area contributed by atoms with Crippen molar-refractivity contribution >= 4 is 36.4 Å². The van der Waals surface area contributed by atoms with Crippen molar-refractivity contribution in [1.82, 2.24) is 14.9 Å². The maximum absolute atomic E-state index is 14.1. The predicted octanol–water partition coefficient (Wildman–Crippen LogP) is 7.42. The number of fused-ring (bicyclic) bond motifs is 1. The standard InChI is InChI=1S/C31H37F3N5O4P/c1-4-43-44(42,5-2)18-19-6-10-21(11-7-19)36-30-35-16-25(31(32,33)34)28(38-30)37-26-15-14-23(20-8-12-22(40)13-9-20)24-17-39(3)29(41)27(24)26/h6-7,10-11,14-16,20,22,40H,4-5,8-9,12-13,17-18H2,1-3H3,(H2,35,36,37,38)/t20-,22-,44?. The first-order valence-electron chi connectivity index (χ1n) is 14.8. The van der Waals surface area contributed by atoms with Gasteiger partial charge in [0, 0.05) is 37.8 Å². The van der Waals surface area contributed by atoms with E-state index in [4.69, 9.17) is 4.52 Å². The number of halogens is 3. The topological polar surface area (TPSA) is 117 Å². The van der Waals surface area contributed by atoms with Crippen LogP contribution in [-0.2, 0) is 28.0 Å². The number of nitrogens with one attached hydrogen (secondary N) is 2. The van der Waals surface area contributed by atoms with Gasteiger partial charge in [-0.15, -0.1) is 0 Å². The number of carbonyl (C=O) groups excluding carboxylic acids is 1. The van der Waals surface area contributed by atoms with Gasteiger partial charge in [-0.2, -0.15) is 18.2 Å². The number of rotatable bonds is 10. The molecule has 0 saturated heterocycles. The Bertz CT molecular complexity index is 1560. The average molecular weight is 632 g/mol. The van der Waals surface area contributed by atoms with Crippen molar-refractivity contribution < 1.29 is 32.2 Å². The minimum Gasteiger partial charge on any atom is -0.393 e. The van der Waals surface area contributed by atoms with E-state index in [9.17, 15) is 27.6 Å². The summed E-state index contributed by atoms with van der Waals surface area (Å²) in [5.41, 5.74) is 2.64. The van der Waals surface area contributed by atoms with Crippen LogP contribution in [0.15, 0.2) is 42.6 Å². The summed E-state index contributed by atoms with van der Waals surface area (Å²) in [5, 5.41) is 15.7. The van der Waals surface area contributed by atoms with Gasteiger partial charge < -0.3 is 25.2 Å². The number of alkyl halides is 3. The molecule has 1 atom stereocenters. The average Bonchev–Trinajstić information content (AvgIpc) is 3.28. The Morgan fingerprint density at radius 3 is 2.41 bits per heavy atom. The fourth-order valence-corrected chi connectivity index (χ4v) is 7.64. The third kappa shape index (κ3) is 6.92. The molecular weight excluding hydrogens is 594 g/mol. The van der Waals surface area contributed by atoms with E-state index in [1.165, 1.54) is 0 Å². The molecule has 13 heteroatoms. The van der Waals surface area contributed by atoms with Gasteiger partial charge in [0.25, 0.3) is 5.91 Å². The molecule has 5 rings (SSSR count). The largest absolute Gasteiger partial charge is 0.421 e. The molecule has 1 unspecified atom stereocenters. The Balaban J connectivity index is 1.43. The van der Waals surface area contributed by atoms with Crippen LogP contribution in [0.2, 0.25) is 0 Å². The molecule has 2 aromatic carbocycles. The molecule has 1 aromatic heterocycles. The Kier molecular flexibility index (Phi) is 9.34. The fraction of sp³-hybridized carbons (Fsp3) is 0.452. The zero-order chi connectivity index (χ0) is 31.6. The highest BCUT2D eigenvalue weighted by atomic mass is 31.2. The van der Waals surface area contributed by atoms with Crippen LogP contribution in [0, 0.1) is 0 Å². The van der Waals surface area contributed by atoms with E-state index >= 15 is 0 Å². The van der Waals surface area contributed by atoms with Crippen molar-refractivity contribution in [3.8, 4) is 0 Å². The van der Waals surface area contributed by atoms with Crippen molar-refractivity contribution in [3.05, 3.63) is 70.4 Å². The maximum Gasteiger partial charge on any atom is 0.421 e. The number of hydrogen-bond donors (Lipinski definition) is 3. The van der Waals surface area contributed by atoms with Gasteiger partial charge in [0.1, 0.15) is 11.4 Å². The van der Waals surface area contributed by atoms with Crippen LogP contribution in [0.5, 0.6) is 0 Å². The Labute approximate surface area is 254 Å². The molecule has 236 valence electrons. The summed E-state index contributed by atoms with van der Waals surface area (Å²) in [6, 6.07) is 10.5. The van der Waals surface area contributed by atoms with Gasteiger partial charge in [-0.05, 0) is 73.4 Å². The summed E-state index contributed by atoms with van der Waals surface area (Å²) in [4.78, 5) is 22.8. The first kappa shape index (κ1) is 31.9. The number of aliphatic hydroxyl groups excluding tert-OH is 1. The lowest BCUT2D eigenvalue weighted by Gasteiger charge is -2.27. The molecule has 1 fully saturated rings. The second-order valence-corrected chi connectivity index (χ2v) is 14.2. The Morgan fingerprint density at radius 2 is 1.77 bits per heavy atom. The third-order valence-corrected chi connectivity index (χ3v) is 10.8. The fourth-order valence-electron chi connectivity index (χ4n) is 5.91. The van der Waals surface area contributed by atoms with E-state index in [2.05, 4.69) is 20.6 Å². The van der Waals surface area contributed by atoms with Crippen molar-refractivity contribution in [3.63, 3.8) is 0 Å².